The van der Waals surface area contributed by atoms with E-state index in [0.717, 1.165) is 20.7 Å². The SMILES string of the molecule is COc1cccc(-n2c(O)c(/C=C3\N=c4ccccc4=C3CCNC(C)=O)c(=O)[nH]c2=O)c1. The third-order valence-electron chi connectivity index (χ3n) is 5.24. The number of para-hydroxylation sites is 1. The van der Waals surface area contributed by atoms with E-state index in [9.17, 15) is 19.5 Å². The number of H-pyrrole nitrogens is 1. The molecule has 0 unspecified atom stereocenters. The first-order valence-electron chi connectivity index (χ1n) is 10.2. The zero-order valence-electron chi connectivity index (χ0n) is 18.1. The molecule has 1 aliphatic rings. The number of ether oxygens (including phenoxy) is 1. The van der Waals surface area contributed by atoms with Crippen molar-refractivity contribution >= 4 is 17.6 Å². The summed E-state index contributed by atoms with van der Waals surface area (Å²) >= 11 is 0. The maximum absolute atomic E-state index is 12.6. The van der Waals surface area contributed by atoms with Crippen molar-refractivity contribution in [1.29, 1.82) is 0 Å². The Hall–Kier alpha value is -4.40. The van der Waals surface area contributed by atoms with Crippen LogP contribution in [0.3, 0.4) is 0 Å². The molecule has 0 saturated heterocycles. The number of allylic oxidation sites excluding steroid dienone is 1. The van der Waals surface area contributed by atoms with Crippen LogP contribution in [-0.2, 0) is 4.79 Å². The summed E-state index contributed by atoms with van der Waals surface area (Å²) in [7, 11) is 1.49. The van der Waals surface area contributed by atoms with Gasteiger partial charge in [0, 0.05) is 24.8 Å². The molecule has 1 aromatic heterocycles. The molecule has 0 aliphatic carbocycles. The van der Waals surface area contributed by atoms with Gasteiger partial charge in [-0.05, 0) is 36.3 Å². The standard InChI is InChI=1S/C24H22N4O5/c1-14(29)25-11-10-18-17-8-3-4-9-20(17)26-21(18)13-19-22(30)27-24(32)28(23(19)31)15-6-5-7-16(12-15)33-2/h3-9,12-13,31H,10-11H2,1-2H3,(H,25,29)(H,27,30,32)/b21-13-. The van der Waals surface area contributed by atoms with E-state index < -0.39 is 17.1 Å². The topological polar surface area (TPSA) is 126 Å². The molecule has 2 aromatic carbocycles. The lowest BCUT2D eigenvalue weighted by Crippen LogP contribution is -2.30. The number of carbonyl (C=O) groups is 1. The normalized spacial score (nSPS) is 13.5. The van der Waals surface area contributed by atoms with Gasteiger partial charge in [-0.1, -0.05) is 24.3 Å². The molecule has 168 valence electrons. The van der Waals surface area contributed by atoms with Crippen LogP contribution in [-0.4, -0.2) is 34.2 Å². The summed E-state index contributed by atoms with van der Waals surface area (Å²) in [6, 6.07) is 14.0. The number of nitrogens with one attached hydrogen (secondary N) is 2. The molecule has 33 heavy (non-hydrogen) atoms. The van der Waals surface area contributed by atoms with Gasteiger partial charge in [-0.3, -0.25) is 14.6 Å². The molecule has 0 bridgehead atoms. The zero-order chi connectivity index (χ0) is 23.5. The van der Waals surface area contributed by atoms with E-state index in [1.165, 1.54) is 20.1 Å². The van der Waals surface area contributed by atoms with Crippen LogP contribution in [0.5, 0.6) is 11.6 Å². The Morgan fingerprint density at radius 2 is 2.00 bits per heavy atom. The summed E-state index contributed by atoms with van der Waals surface area (Å²) in [5.41, 5.74) is -0.0170. The maximum atomic E-state index is 12.6. The van der Waals surface area contributed by atoms with E-state index in [2.05, 4.69) is 15.3 Å². The van der Waals surface area contributed by atoms with Gasteiger partial charge in [-0.2, -0.15) is 0 Å². The summed E-state index contributed by atoms with van der Waals surface area (Å²) in [6.07, 6.45) is 1.92. The van der Waals surface area contributed by atoms with Crippen molar-refractivity contribution in [3.63, 3.8) is 0 Å². The Bertz CT molecular complexity index is 1510. The van der Waals surface area contributed by atoms with Gasteiger partial charge < -0.3 is 15.2 Å². The molecule has 2 heterocycles. The first-order valence-corrected chi connectivity index (χ1v) is 10.2. The van der Waals surface area contributed by atoms with E-state index in [1.807, 2.05) is 24.3 Å². The number of aromatic hydroxyl groups is 1. The third-order valence-corrected chi connectivity index (χ3v) is 5.24. The molecule has 0 radical (unpaired) electrons. The highest BCUT2D eigenvalue weighted by Crippen LogP contribution is 2.25. The second kappa shape index (κ2) is 8.99. The lowest BCUT2D eigenvalue weighted by molar-refractivity contribution is -0.118. The number of rotatable bonds is 6. The summed E-state index contributed by atoms with van der Waals surface area (Å²) in [5.74, 6) is -0.180. The molecule has 1 aliphatic heterocycles. The summed E-state index contributed by atoms with van der Waals surface area (Å²) in [5, 5.41) is 15.3. The minimum atomic E-state index is -0.783. The number of aromatic nitrogens is 2. The minimum Gasteiger partial charge on any atom is -0.497 e. The Morgan fingerprint density at radius 3 is 2.76 bits per heavy atom. The highest BCUT2D eigenvalue weighted by atomic mass is 16.5. The van der Waals surface area contributed by atoms with Crippen molar-refractivity contribution in [2.45, 2.75) is 13.3 Å². The molecule has 3 aromatic rings. The van der Waals surface area contributed by atoms with Gasteiger partial charge in [0.1, 0.15) is 11.3 Å². The average Bonchev–Trinajstić information content (AvgIpc) is 3.13. The molecule has 0 atom stereocenters. The van der Waals surface area contributed by atoms with Crippen LogP contribution in [0.4, 0.5) is 0 Å². The Kier molecular flexibility index (Phi) is 5.95. The lowest BCUT2D eigenvalue weighted by Gasteiger charge is -2.11. The van der Waals surface area contributed by atoms with Crippen molar-refractivity contribution in [3.8, 4) is 17.3 Å². The predicted octanol–water partition coefficient (Wildman–Crippen LogP) is 0.591. The Balaban J connectivity index is 1.86. The van der Waals surface area contributed by atoms with Gasteiger partial charge in [0.25, 0.3) is 5.56 Å². The number of hydrogen-bond donors (Lipinski definition) is 3. The second-order valence-corrected chi connectivity index (χ2v) is 7.40. The Morgan fingerprint density at radius 1 is 1.21 bits per heavy atom. The van der Waals surface area contributed by atoms with Crippen LogP contribution in [0.1, 0.15) is 18.9 Å². The Labute approximate surface area is 188 Å². The van der Waals surface area contributed by atoms with E-state index in [1.54, 1.807) is 24.3 Å². The van der Waals surface area contributed by atoms with Crippen LogP contribution in [0.2, 0.25) is 0 Å². The molecular weight excluding hydrogens is 424 g/mol. The first-order chi connectivity index (χ1) is 15.9. The molecule has 0 fully saturated rings. The molecule has 0 spiro atoms. The fraction of sp³-hybridized carbons (Fsp3) is 0.167. The average molecular weight is 446 g/mol. The van der Waals surface area contributed by atoms with Crippen LogP contribution in [0.15, 0.2) is 68.8 Å². The van der Waals surface area contributed by atoms with Gasteiger partial charge in [-0.15, -0.1) is 0 Å². The second-order valence-electron chi connectivity index (χ2n) is 7.40. The van der Waals surface area contributed by atoms with Gasteiger partial charge in [-0.25, -0.2) is 14.4 Å². The molecule has 0 saturated carbocycles. The van der Waals surface area contributed by atoms with Crippen LogP contribution in [0, 0.1) is 0 Å². The van der Waals surface area contributed by atoms with Crippen molar-refractivity contribution in [1.82, 2.24) is 14.9 Å². The van der Waals surface area contributed by atoms with Crippen molar-refractivity contribution < 1.29 is 14.6 Å². The van der Waals surface area contributed by atoms with E-state index in [-0.39, 0.29) is 11.5 Å². The first kappa shape index (κ1) is 21.8. The van der Waals surface area contributed by atoms with E-state index >= 15 is 0 Å². The monoisotopic (exact) mass is 446 g/mol. The number of nitrogens with zero attached hydrogens (tertiary/aromatic N) is 2. The number of methoxy groups -OCH3 is 1. The number of hydrogen-bond acceptors (Lipinski definition) is 6. The highest BCUT2D eigenvalue weighted by Gasteiger charge is 2.18. The van der Waals surface area contributed by atoms with Gasteiger partial charge in [0.2, 0.25) is 11.8 Å². The smallest absolute Gasteiger partial charge is 0.335 e. The number of amides is 1. The van der Waals surface area contributed by atoms with Crippen LogP contribution < -0.4 is 31.9 Å². The van der Waals surface area contributed by atoms with Crippen molar-refractivity contribution in [2.75, 3.05) is 13.7 Å². The maximum Gasteiger partial charge on any atom is 0.335 e. The van der Waals surface area contributed by atoms with E-state index in [4.69, 9.17) is 4.74 Å². The highest BCUT2D eigenvalue weighted by molar-refractivity contribution is 5.77. The minimum absolute atomic E-state index is 0.110. The lowest BCUT2D eigenvalue weighted by atomic mass is 10.1. The fourth-order valence-electron chi connectivity index (χ4n) is 3.70. The van der Waals surface area contributed by atoms with Gasteiger partial charge in [0.05, 0.1) is 23.9 Å². The molecule has 9 heteroatoms. The van der Waals surface area contributed by atoms with Crippen LogP contribution >= 0.6 is 0 Å². The molecule has 4 rings (SSSR count). The molecule has 9 nitrogen and oxygen atoms in total. The number of aromatic amines is 1. The fourth-order valence-corrected chi connectivity index (χ4v) is 3.70. The third kappa shape index (κ3) is 4.33. The predicted molar refractivity (Wildman–Crippen MR) is 123 cm³/mol. The molecular formula is C24H22N4O5. The molecule has 3 N–H and O–H groups in total. The largest absolute Gasteiger partial charge is 0.497 e. The number of benzene rings is 2. The summed E-state index contributed by atoms with van der Waals surface area (Å²) in [4.78, 5) is 43.3. The van der Waals surface area contributed by atoms with Gasteiger partial charge >= 0.3 is 5.69 Å². The summed E-state index contributed by atoms with van der Waals surface area (Å²) < 4.78 is 6.19. The summed E-state index contributed by atoms with van der Waals surface area (Å²) in [6.45, 7) is 1.82. The quantitative estimate of drug-likeness (QED) is 0.511. The van der Waals surface area contributed by atoms with Crippen LogP contribution in [0.25, 0.3) is 17.3 Å². The van der Waals surface area contributed by atoms with Crippen molar-refractivity contribution in [3.05, 3.63) is 91.2 Å². The number of fused-ring (bicyclic) bond motifs is 1. The van der Waals surface area contributed by atoms with E-state index in [0.29, 0.717) is 30.1 Å². The number of carbonyl (C=O) groups excluding carboxylic acids is 1. The van der Waals surface area contributed by atoms with Gasteiger partial charge in [0.15, 0.2) is 0 Å². The van der Waals surface area contributed by atoms with Crippen molar-refractivity contribution in [2.24, 2.45) is 4.99 Å². The molecule has 1 amide bonds. The zero-order valence-corrected chi connectivity index (χ0v) is 18.1.